The van der Waals surface area contributed by atoms with Crippen molar-refractivity contribution in [3.63, 3.8) is 0 Å². The third kappa shape index (κ3) is 4.36. The van der Waals surface area contributed by atoms with E-state index in [1.165, 1.54) is 0 Å². The van der Waals surface area contributed by atoms with E-state index >= 15 is 0 Å². The van der Waals surface area contributed by atoms with Gasteiger partial charge in [0.05, 0.1) is 12.1 Å². The average molecular weight is 417 g/mol. The lowest BCUT2D eigenvalue weighted by molar-refractivity contribution is -0.134. The van der Waals surface area contributed by atoms with Gasteiger partial charge in [-0.1, -0.05) is 18.2 Å². The number of pyridine rings is 1. The van der Waals surface area contributed by atoms with Crippen LogP contribution in [0.15, 0.2) is 54.7 Å². The van der Waals surface area contributed by atoms with Gasteiger partial charge in [-0.25, -0.2) is 0 Å². The summed E-state index contributed by atoms with van der Waals surface area (Å²) >= 11 is 0. The Kier molecular flexibility index (Phi) is 5.49. The van der Waals surface area contributed by atoms with Crippen LogP contribution in [0.25, 0.3) is 22.0 Å². The van der Waals surface area contributed by atoms with Crippen molar-refractivity contribution in [1.29, 1.82) is 0 Å². The molecule has 1 amide bonds. The van der Waals surface area contributed by atoms with Crippen LogP contribution in [0.4, 0.5) is 0 Å². The second-order valence-electron chi connectivity index (χ2n) is 8.42. The number of aromatic nitrogens is 1. The minimum absolute atomic E-state index is 0.165. The minimum atomic E-state index is 0.165. The van der Waals surface area contributed by atoms with Crippen LogP contribution < -0.4 is 9.47 Å². The molecule has 2 fully saturated rings. The lowest BCUT2D eigenvalue weighted by atomic mass is 10.0. The quantitative estimate of drug-likeness (QED) is 0.562. The van der Waals surface area contributed by atoms with Crippen LogP contribution in [0.3, 0.4) is 0 Å². The molecule has 0 atom stereocenters. The molecule has 1 saturated carbocycles. The Hall–Kier alpha value is -3.08. The van der Waals surface area contributed by atoms with Gasteiger partial charge in [0, 0.05) is 49.0 Å². The summed E-state index contributed by atoms with van der Waals surface area (Å²) in [5.74, 6) is 2.38. The van der Waals surface area contributed by atoms with Gasteiger partial charge in [-0.15, -0.1) is 0 Å². The van der Waals surface area contributed by atoms with E-state index in [1.807, 2.05) is 36.2 Å². The maximum Gasteiger partial charge on any atom is 0.225 e. The summed E-state index contributed by atoms with van der Waals surface area (Å²) in [5, 5.41) is 1.07. The van der Waals surface area contributed by atoms with Gasteiger partial charge < -0.3 is 14.4 Å². The van der Waals surface area contributed by atoms with Crippen molar-refractivity contribution in [2.45, 2.75) is 38.7 Å². The molecule has 160 valence electrons. The van der Waals surface area contributed by atoms with Gasteiger partial charge in [-0.05, 0) is 55.7 Å². The van der Waals surface area contributed by atoms with Crippen molar-refractivity contribution in [2.24, 2.45) is 5.92 Å². The van der Waals surface area contributed by atoms with Gasteiger partial charge >= 0.3 is 0 Å². The Morgan fingerprint density at radius 3 is 2.55 bits per heavy atom. The van der Waals surface area contributed by atoms with Crippen LogP contribution in [-0.2, 0) is 4.79 Å². The highest BCUT2D eigenvalue weighted by atomic mass is 16.5. The molecule has 5 heteroatoms. The molecule has 1 saturated heterocycles. The first-order valence-electron chi connectivity index (χ1n) is 11.3. The molecule has 1 aliphatic carbocycles. The summed E-state index contributed by atoms with van der Waals surface area (Å²) in [5.41, 5.74) is 3.06. The summed E-state index contributed by atoms with van der Waals surface area (Å²) in [6.07, 6.45) is 5.90. The number of carbonyl (C=O) groups is 1. The summed E-state index contributed by atoms with van der Waals surface area (Å²) < 4.78 is 12.1. The average Bonchev–Trinajstić information content (AvgIpc) is 3.65. The van der Waals surface area contributed by atoms with E-state index in [2.05, 4.69) is 35.3 Å². The van der Waals surface area contributed by atoms with E-state index in [9.17, 15) is 4.79 Å². The second-order valence-corrected chi connectivity index (χ2v) is 8.42. The molecule has 31 heavy (non-hydrogen) atoms. The fourth-order valence-corrected chi connectivity index (χ4v) is 4.29. The summed E-state index contributed by atoms with van der Waals surface area (Å²) in [6, 6.07) is 16.3. The number of likely N-dealkylation sites (tertiary alicyclic amines) is 1. The molecule has 5 rings (SSSR count). The van der Waals surface area contributed by atoms with E-state index in [4.69, 9.17) is 9.47 Å². The van der Waals surface area contributed by atoms with Gasteiger partial charge in [0.15, 0.2) is 0 Å². The first-order valence-corrected chi connectivity index (χ1v) is 11.3. The molecular formula is C26H28N2O3. The molecule has 0 radical (unpaired) electrons. The number of rotatable bonds is 6. The first-order chi connectivity index (χ1) is 15.2. The van der Waals surface area contributed by atoms with E-state index in [1.54, 1.807) is 0 Å². The van der Waals surface area contributed by atoms with E-state index in [-0.39, 0.29) is 6.10 Å². The maximum atomic E-state index is 12.2. The topological polar surface area (TPSA) is 51.7 Å². The SMILES string of the molecule is CCOc1cc2cccnc2cc1-c1ccc(OC2CCN(C(=O)C3CC3)CC2)cc1. The lowest BCUT2D eigenvalue weighted by Gasteiger charge is -2.32. The van der Waals surface area contributed by atoms with Gasteiger partial charge in [0.1, 0.15) is 17.6 Å². The van der Waals surface area contributed by atoms with E-state index in [0.717, 1.165) is 72.3 Å². The molecule has 0 unspecified atom stereocenters. The Balaban J connectivity index is 1.28. The van der Waals surface area contributed by atoms with Crippen LogP contribution in [0.5, 0.6) is 11.5 Å². The summed E-state index contributed by atoms with van der Waals surface area (Å²) in [6.45, 7) is 4.22. The number of benzene rings is 2. The Bertz CT molecular complexity index is 1070. The largest absolute Gasteiger partial charge is 0.493 e. The van der Waals surface area contributed by atoms with Gasteiger partial charge in [-0.2, -0.15) is 0 Å². The molecular weight excluding hydrogens is 388 g/mol. The van der Waals surface area contributed by atoms with Crippen molar-refractivity contribution >= 4 is 16.8 Å². The van der Waals surface area contributed by atoms with Crippen LogP contribution in [0.2, 0.25) is 0 Å². The lowest BCUT2D eigenvalue weighted by Crippen LogP contribution is -2.42. The van der Waals surface area contributed by atoms with Crippen molar-refractivity contribution in [3.05, 3.63) is 54.7 Å². The molecule has 0 bridgehead atoms. The Morgan fingerprint density at radius 2 is 1.84 bits per heavy atom. The zero-order valence-electron chi connectivity index (χ0n) is 17.9. The number of hydrogen-bond acceptors (Lipinski definition) is 4. The van der Waals surface area contributed by atoms with Crippen LogP contribution >= 0.6 is 0 Å². The molecule has 1 aromatic heterocycles. The van der Waals surface area contributed by atoms with Gasteiger partial charge in [-0.3, -0.25) is 9.78 Å². The minimum Gasteiger partial charge on any atom is -0.493 e. The third-order valence-corrected chi connectivity index (χ3v) is 6.15. The maximum absolute atomic E-state index is 12.2. The number of nitrogens with zero attached hydrogens (tertiary/aromatic N) is 2. The van der Waals surface area contributed by atoms with Crippen molar-refractivity contribution in [3.8, 4) is 22.6 Å². The molecule has 3 aromatic rings. The number of piperidine rings is 1. The van der Waals surface area contributed by atoms with Gasteiger partial charge in [0.25, 0.3) is 0 Å². The Morgan fingerprint density at radius 1 is 1.06 bits per heavy atom. The molecule has 2 aromatic carbocycles. The van der Waals surface area contributed by atoms with Gasteiger partial charge in [0.2, 0.25) is 5.91 Å². The molecule has 1 aliphatic heterocycles. The number of amides is 1. The number of carbonyl (C=O) groups excluding carboxylic acids is 1. The van der Waals surface area contributed by atoms with Crippen molar-refractivity contribution < 1.29 is 14.3 Å². The predicted molar refractivity (Wildman–Crippen MR) is 121 cm³/mol. The van der Waals surface area contributed by atoms with Crippen LogP contribution in [-0.4, -0.2) is 41.6 Å². The molecule has 2 heterocycles. The highest BCUT2D eigenvalue weighted by molar-refractivity contribution is 5.88. The number of ether oxygens (including phenoxy) is 2. The number of fused-ring (bicyclic) bond motifs is 1. The molecule has 2 aliphatic rings. The first kappa shape index (κ1) is 19.9. The summed E-state index contributed by atoms with van der Waals surface area (Å²) in [4.78, 5) is 18.7. The standard InChI is InChI=1S/C26H28N2O3/c1-2-30-25-16-20-4-3-13-27-24(20)17-23(25)18-7-9-21(10-8-18)31-22-11-14-28(15-12-22)26(29)19-5-6-19/h3-4,7-10,13,16-17,19,22H,2,5-6,11-12,14-15H2,1H3. The molecule has 0 spiro atoms. The normalized spacial score (nSPS) is 17.0. The fraction of sp³-hybridized carbons (Fsp3) is 0.385. The molecule has 0 N–H and O–H groups in total. The van der Waals surface area contributed by atoms with E-state index in [0.29, 0.717) is 18.4 Å². The zero-order valence-corrected chi connectivity index (χ0v) is 17.9. The third-order valence-electron chi connectivity index (χ3n) is 6.15. The fourth-order valence-electron chi connectivity index (χ4n) is 4.29. The smallest absolute Gasteiger partial charge is 0.225 e. The van der Waals surface area contributed by atoms with Crippen molar-refractivity contribution in [2.75, 3.05) is 19.7 Å². The molecule has 5 nitrogen and oxygen atoms in total. The highest BCUT2D eigenvalue weighted by Crippen LogP contribution is 2.35. The van der Waals surface area contributed by atoms with Crippen molar-refractivity contribution in [1.82, 2.24) is 9.88 Å². The zero-order chi connectivity index (χ0) is 21.2. The predicted octanol–water partition coefficient (Wildman–Crippen LogP) is 5.08. The monoisotopic (exact) mass is 416 g/mol. The van der Waals surface area contributed by atoms with E-state index < -0.39 is 0 Å². The van der Waals surface area contributed by atoms with Crippen LogP contribution in [0.1, 0.15) is 32.6 Å². The van der Waals surface area contributed by atoms with Crippen LogP contribution in [0, 0.1) is 5.92 Å². The summed E-state index contributed by atoms with van der Waals surface area (Å²) in [7, 11) is 0. The second kappa shape index (κ2) is 8.58. The highest BCUT2D eigenvalue weighted by Gasteiger charge is 2.35. The number of hydrogen-bond donors (Lipinski definition) is 0. The Labute approximate surface area is 183 Å².